The second kappa shape index (κ2) is 8.20. The molecule has 12 heteroatoms. The lowest BCUT2D eigenvalue weighted by Crippen LogP contribution is -2.46. The van der Waals surface area contributed by atoms with E-state index in [-0.39, 0.29) is 40.1 Å². The minimum atomic E-state index is -0.638. The number of aromatic nitrogens is 4. The summed E-state index contributed by atoms with van der Waals surface area (Å²) >= 11 is 6.53. The zero-order valence-electron chi connectivity index (χ0n) is 19.0. The van der Waals surface area contributed by atoms with Gasteiger partial charge in [-0.15, -0.1) is 0 Å². The molecule has 3 aromatic heterocycles. The fraction of sp³-hybridized carbons (Fsp3) is 0.292. The van der Waals surface area contributed by atoms with E-state index in [1.54, 1.807) is 33.7 Å². The third kappa shape index (κ3) is 3.65. The molecule has 4 heterocycles. The Morgan fingerprint density at radius 1 is 1.25 bits per heavy atom. The van der Waals surface area contributed by atoms with Crippen LogP contribution in [-0.2, 0) is 16.1 Å². The molecular weight excluding hydrogens is 597 g/mol. The molecule has 1 aliphatic carbocycles. The summed E-state index contributed by atoms with van der Waals surface area (Å²) in [5.41, 5.74) is 6.94. The standard InChI is InChI=1S/C24H20Br2FN7O2/c1-24-7-15(23(36)32-18-4-2-3-17(26)31-18)34(16(24)8-24)19(35)9-33-14-6-13(27)12(25)5-11(14)20-21(28)29-10-30-22(20)33/h2-6,10,15-16H,7-9H2,1H3,(H2,28,29,30)(H,31,32,36)/t15-,16?,24-/m0/s1. The molecule has 0 bridgehead atoms. The van der Waals surface area contributed by atoms with Crippen molar-refractivity contribution in [1.29, 1.82) is 0 Å². The number of fused-ring (bicyclic) bond motifs is 4. The summed E-state index contributed by atoms with van der Waals surface area (Å²) < 4.78 is 17.0. The maximum atomic E-state index is 14.5. The van der Waals surface area contributed by atoms with Gasteiger partial charge in [-0.05, 0) is 74.4 Å². The first kappa shape index (κ1) is 23.3. The van der Waals surface area contributed by atoms with Crippen LogP contribution in [0.2, 0.25) is 0 Å². The van der Waals surface area contributed by atoms with E-state index >= 15 is 0 Å². The summed E-state index contributed by atoms with van der Waals surface area (Å²) in [6, 6.07) is 7.53. The Morgan fingerprint density at radius 2 is 2.06 bits per heavy atom. The van der Waals surface area contributed by atoms with Crippen LogP contribution in [0.5, 0.6) is 0 Å². The number of amides is 2. The lowest BCUT2D eigenvalue weighted by Gasteiger charge is -2.27. The summed E-state index contributed by atoms with van der Waals surface area (Å²) in [6.07, 6.45) is 2.71. The Morgan fingerprint density at radius 3 is 2.83 bits per heavy atom. The van der Waals surface area contributed by atoms with Gasteiger partial charge in [0.25, 0.3) is 0 Å². The van der Waals surface area contributed by atoms with Crippen LogP contribution in [0.1, 0.15) is 19.8 Å². The van der Waals surface area contributed by atoms with Crippen molar-refractivity contribution in [2.45, 2.75) is 38.4 Å². The largest absolute Gasteiger partial charge is 0.383 e. The molecule has 1 saturated heterocycles. The zero-order chi connectivity index (χ0) is 25.4. The Kier molecular flexibility index (Phi) is 5.31. The second-order valence-corrected chi connectivity index (χ2v) is 11.2. The van der Waals surface area contributed by atoms with Crippen molar-refractivity contribution in [2.75, 3.05) is 11.1 Å². The minimum absolute atomic E-state index is 0.0325. The smallest absolute Gasteiger partial charge is 0.248 e. The molecule has 0 radical (unpaired) electrons. The minimum Gasteiger partial charge on any atom is -0.383 e. The number of pyridine rings is 1. The lowest BCUT2D eigenvalue weighted by atomic mass is 10.0. The fourth-order valence-electron chi connectivity index (χ4n) is 5.35. The van der Waals surface area contributed by atoms with E-state index in [1.807, 2.05) is 0 Å². The summed E-state index contributed by atoms with van der Waals surface area (Å²) in [5, 5.41) is 4.02. The number of nitrogens with one attached hydrogen (secondary N) is 1. The number of rotatable bonds is 4. The van der Waals surface area contributed by atoms with Gasteiger partial charge >= 0.3 is 0 Å². The Bertz CT molecular complexity index is 1590. The van der Waals surface area contributed by atoms with Crippen molar-refractivity contribution in [3.8, 4) is 0 Å². The maximum absolute atomic E-state index is 14.5. The molecule has 184 valence electrons. The predicted octanol–water partition coefficient (Wildman–Crippen LogP) is 4.24. The van der Waals surface area contributed by atoms with Gasteiger partial charge in [-0.3, -0.25) is 9.59 Å². The van der Waals surface area contributed by atoms with Crippen LogP contribution >= 0.6 is 31.9 Å². The molecule has 2 fully saturated rings. The van der Waals surface area contributed by atoms with Gasteiger partial charge < -0.3 is 20.5 Å². The van der Waals surface area contributed by atoms with E-state index in [0.717, 1.165) is 6.42 Å². The number of piperidine rings is 1. The average Bonchev–Trinajstić information content (AvgIpc) is 3.25. The van der Waals surface area contributed by atoms with Crippen molar-refractivity contribution < 1.29 is 14.0 Å². The third-order valence-electron chi connectivity index (χ3n) is 7.20. The highest BCUT2D eigenvalue weighted by Crippen LogP contribution is 2.59. The molecule has 2 amide bonds. The Balaban J connectivity index is 1.36. The van der Waals surface area contributed by atoms with Crippen LogP contribution in [0.4, 0.5) is 16.0 Å². The van der Waals surface area contributed by atoms with Crippen LogP contribution < -0.4 is 11.1 Å². The first-order valence-electron chi connectivity index (χ1n) is 11.3. The molecule has 1 saturated carbocycles. The summed E-state index contributed by atoms with van der Waals surface area (Å²) in [6.45, 7) is 1.97. The molecular formula is C24H20Br2FN7O2. The number of nitrogens with zero attached hydrogens (tertiary/aromatic N) is 5. The number of hydrogen-bond acceptors (Lipinski definition) is 6. The van der Waals surface area contributed by atoms with Crippen LogP contribution in [0.3, 0.4) is 0 Å². The highest BCUT2D eigenvalue weighted by Gasteiger charge is 2.64. The molecule has 4 aromatic rings. The predicted molar refractivity (Wildman–Crippen MR) is 139 cm³/mol. The third-order valence-corrected chi connectivity index (χ3v) is 8.25. The lowest BCUT2D eigenvalue weighted by molar-refractivity contribution is -0.138. The first-order valence-corrected chi connectivity index (χ1v) is 12.9. The van der Waals surface area contributed by atoms with Gasteiger partial charge in [-0.1, -0.05) is 13.0 Å². The van der Waals surface area contributed by atoms with Crippen molar-refractivity contribution in [3.05, 3.63) is 51.6 Å². The first-order chi connectivity index (χ1) is 17.2. The molecule has 6 rings (SSSR count). The molecule has 2 aliphatic rings. The SMILES string of the molecule is C[C@]12CC1N(C(=O)Cn1c3cc(F)c(Br)cc3c3c(N)ncnc31)[C@H](C(=O)Nc1cccc(Br)n1)C2. The normalized spacial score (nSPS) is 22.7. The number of halogens is 3. The summed E-state index contributed by atoms with van der Waals surface area (Å²) in [4.78, 5) is 41.4. The van der Waals surface area contributed by atoms with Gasteiger partial charge in [0.2, 0.25) is 11.8 Å². The maximum Gasteiger partial charge on any atom is 0.248 e. The van der Waals surface area contributed by atoms with Crippen molar-refractivity contribution >= 4 is 77.2 Å². The van der Waals surface area contributed by atoms with Crippen LogP contribution in [0.25, 0.3) is 21.9 Å². The van der Waals surface area contributed by atoms with Gasteiger partial charge in [0, 0.05) is 11.4 Å². The molecule has 1 aromatic carbocycles. The molecule has 3 N–H and O–H groups in total. The van der Waals surface area contributed by atoms with E-state index < -0.39 is 11.9 Å². The Hall–Kier alpha value is -3.12. The van der Waals surface area contributed by atoms with E-state index in [4.69, 9.17) is 5.73 Å². The second-order valence-electron chi connectivity index (χ2n) is 9.56. The molecule has 36 heavy (non-hydrogen) atoms. The Labute approximate surface area is 221 Å². The van der Waals surface area contributed by atoms with Crippen molar-refractivity contribution in [1.82, 2.24) is 24.4 Å². The number of hydrogen-bond donors (Lipinski definition) is 2. The number of benzene rings is 1. The highest BCUT2D eigenvalue weighted by molar-refractivity contribution is 9.10. The van der Waals surface area contributed by atoms with E-state index in [9.17, 15) is 14.0 Å². The topological polar surface area (TPSA) is 119 Å². The van der Waals surface area contributed by atoms with Gasteiger partial charge in [-0.2, -0.15) is 0 Å². The van der Waals surface area contributed by atoms with E-state index in [0.29, 0.717) is 38.8 Å². The van der Waals surface area contributed by atoms with Gasteiger partial charge in [-0.25, -0.2) is 19.3 Å². The molecule has 1 aliphatic heterocycles. The number of anilines is 2. The summed E-state index contributed by atoms with van der Waals surface area (Å²) in [7, 11) is 0. The van der Waals surface area contributed by atoms with Crippen molar-refractivity contribution in [2.24, 2.45) is 5.41 Å². The number of carbonyl (C=O) groups excluding carboxylic acids is 2. The fourth-order valence-corrected chi connectivity index (χ4v) is 6.04. The van der Waals surface area contributed by atoms with Crippen LogP contribution in [-0.4, -0.2) is 48.3 Å². The van der Waals surface area contributed by atoms with Gasteiger partial charge in [0.1, 0.15) is 46.6 Å². The molecule has 3 atom stereocenters. The van der Waals surface area contributed by atoms with E-state index in [1.165, 1.54) is 12.4 Å². The number of nitrogens with two attached hydrogens (primary N) is 1. The molecule has 9 nitrogen and oxygen atoms in total. The quantitative estimate of drug-likeness (QED) is 0.331. The van der Waals surface area contributed by atoms with Crippen LogP contribution in [0.15, 0.2) is 45.7 Å². The monoisotopic (exact) mass is 615 g/mol. The molecule has 1 unspecified atom stereocenters. The van der Waals surface area contributed by atoms with Gasteiger partial charge in [0.05, 0.1) is 15.4 Å². The zero-order valence-corrected chi connectivity index (χ0v) is 22.2. The van der Waals surface area contributed by atoms with Crippen molar-refractivity contribution in [3.63, 3.8) is 0 Å². The van der Waals surface area contributed by atoms with Crippen LogP contribution in [0, 0.1) is 11.2 Å². The number of likely N-dealkylation sites (tertiary alicyclic amines) is 1. The number of carbonyl (C=O) groups is 2. The van der Waals surface area contributed by atoms with E-state index in [2.05, 4.69) is 59.1 Å². The number of nitrogen functional groups attached to an aromatic ring is 1. The molecule has 0 spiro atoms. The highest BCUT2D eigenvalue weighted by atomic mass is 79.9. The summed E-state index contributed by atoms with van der Waals surface area (Å²) in [5.74, 6) is -0.359. The average molecular weight is 617 g/mol. The van der Waals surface area contributed by atoms with Gasteiger partial charge in [0.15, 0.2) is 0 Å².